The van der Waals surface area contributed by atoms with Crippen LogP contribution in [0.4, 0.5) is 0 Å². The first kappa shape index (κ1) is 42.1. The Bertz CT molecular complexity index is 2770. The van der Waals surface area contributed by atoms with Crippen LogP contribution in [-0.2, 0) is 0 Å². The van der Waals surface area contributed by atoms with Crippen LogP contribution in [-0.4, -0.2) is 64.2 Å². The largest absolute Gasteiger partial charge is 0.478 e. The fraction of sp³-hybridized carbons (Fsp3) is 0. The molecule has 0 atom stereocenters. The third-order valence-corrected chi connectivity index (χ3v) is 10.4. The average molecular weight is 864 g/mol. The number of rotatable bonds is 8. The van der Waals surface area contributed by atoms with Gasteiger partial charge in [-0.3, -0.25) is 0 Å². The van der Waals surface area contributed by atoms with Crippen molar-refractivity contribution < 1.29 is 39.6 Å². The maximum absolute atomic E-state index is 11.8. The summed E-state index contributed by atoms with van der Waals surface area (Å²) < 4.78 is 0. The molecule has 0 spiro atoms. The molecule has 0 amide bonds. The van der Waals surface area contributed by atoms with E-state index in [1.54, 1.807) is 48.5 Å². The van der Waals surface area contributed by atoms with Gasteiger partial charge in [0, 0.05) is 44.3 Å². The number of carbonyl (C=O) groups is 4. The van der Waals surface area contributed by atoms with E-state index in [1.807, 2.05) is 48.6 Å². The van der Waals surface area contributed by atoms with Crippen molar-refractivity contribution in [1.29, 1.82) is 0 Å². The fourth-order valence-corrected chi connectivity index (χ4v) is 7.54. The Hall–Kier alpha value is -8.06. The summed E-state index contributed by atoms with van der Waals surface area (Å²) in [6.07, 6.45) is 7.47. The zero-order chi connectivity index (χ0) is 41.7. The number of hydrogen-bond acceptors (Lipinski definition) is 6. The van der Waals surface area contributed by atoms with Crippen molar-refractivity contribution >= 4 is 95.1 Å². The van der Waals surface area contributed by atoms with Crippen molar-refractivity contribution in [3.05, 3.63) is 166 Å². The minimum Gasteiger partial charge on any atom is -0.478 e. The summed E-state index contributed by atoms with van der Waals surface area (Å²) in [4.78, 5) is 64.8. The minimum atomic E-state index is -1.06. The van der Waals surface area contributed by atoms with Crippen LogP contribution in [0, 0.1) is 0 Å². The molecule has 0 saturated heterocycles. The summed E-state index contributed by atoms with van der Waals surface area (Å²) in [5, 5.41) is 38.7. The lowest BCUT2D eigenvalue weighted by atomic mass is 10.0. The molecule has 4 aromatic carbocycles. The van der Waals surface area contributed by atoms with E-state index < -0.39 is 23.9 Å². The molecular formula is C48H32Cl2N4O8. The highest BCUT2D eigenvalue weighted by atomic mass is 35.5. The highest BCUT2D eigenvalue weighted by Crippen LogP contribution is 2.38. The SMILES string of the molecule is Cl.Cl.O=C(O)c1ccc(-c2c3nc(c(-c4ccc(C(=O)O)cc4)c4ccc([nH]4)c(-c4ccc(C(=O)O)cc4)c4nc(c(-c5ccc(C(=O)O)cc5)c5ccc2[nH]5)C=C4)C=C3)cc1. The number of halogens is 2. The molecule has 306 valence electrons. The van der Waals surface area contributed by atoms with E-state index >= 15 is 0 Å². The van der Waals surface area contributed by atoms with Crippen molar-refractivity contribution in [2.75, 3.05) is 0 Å². The van der Waals surface area contributed by atoms with Crippen molar-refractivity contribution in [3.63, 3.8) is 0 Å². The van der Waals surface area contributed by atoms with Gasteiger partial charge < -0.3 is 30.4 Å². The highest BCUT2D eigenvalue weighted by molar-refractivity contribution is 6.01. The molecule has 6 N–H and O–H groups in total. The maximum Gasteiger partial charge on any atom is 0.335 e. The van der Waals surface area contributed by atoms with E-state index in [-0.39, 0.29) is 47.1 Å². The predicted molar refractivity (Wildman–Crippen MR) is 243 cm³/mol. The number of aromatic nitrogens is 4. The lowest BCUT2D eigenvalue weighted by molar-refractivity contribution is 0.0686. The van der Waals surface area contributed by atoms with Gasteiger partial charge in [0.25, 0.3) is 0 Å². The van der Waals surface area contributed by atoms with Crippen LogP contribution in [0.15, 0.2) is 121 Å². The maximum atomic E-state index is 11.8. The molecule has 14 heteroatoms. The molecule has 9 rings (SSSR count). The van der Waals surface area contributed by atoms with Crippen LogP contribution in [0.5, 0.6) is 0 Å². The first-order valence-corrected chi connectivity index (χ1v) is 18.5. The van der Waals surface area contributed by atoms with Gasteiger partial charge in [-0.15, -0.1) is 24.8 Å². The smallest absolute Gasteiger partial charge is 0.335 e. The number of hydrogen-bond donors (Lipinski definition) is 6. The van der Waals surface area contributed by atoms with Gasteiger partial charge in [0.2, 0.25) is 0 Å². The van der Waals surface area contributed by atoms with Gasteiger partial charge in [0.05, 0.1) is 45.0 Å². The van der Waals surface area contributed by atoms with Crippen LogP contribution in [0.3, 0.4) is 0 Å². The van der Waals surface area contributed by atoms with E-state index in [0.29, 0.717) is 89.4 Å². The molecule has 2 aliphatic rings. The standard InChI is InChI=1S/C48H30N4O8.2ClH/c53-45(54)29-9-1-25(2-10-29)41-33-17-19-35(49-33)42(26-3-11-30(12-4-26)46(55)56)37-21-23-39(51-37)44(28-7-15-32(16-8-28)48(59)60)40-24-22-38(52-40)43(36-20-18-34(41)50-36)27-5-13-31(14-6-27)47(57)58;;/h1-24,49,52H,(H,53,54)(H,55,56)(H,57,58)(H,59,60);2*1H. The third-order valence-electron chi connectivity index (χ3n) is 10.4. The molecule has 7 aromatic rings. The van der Waals surface area contributed by atoms with Gasteiger partial charge in [-0.25, -0.2) is 29.1 Å². The summed E-state index contributed by atoms with van der Waals surface area (Å²) in [5.74, 6) is -4.25. The van der Waals surface area contributed by atoms with Gasteiger partial charge >= 0.3 is 23.9 Å². The second-order valence-corrected chi connectivity index (χ2v) is 14.0. The molecule has 0 radical (unpaired) electrons. The molecule has 62 heavy (non-hydrogen) atoms. The first-order valence-electron chi connectivity index (χ1n) is 18.5. The van der Waals surface area contributed by atoms with Crippen molar-refractivity contribution in [2.24, 2.45) is 0 Å². The van der Waals surface area contributed by atoms with Gasteiger partial charge in [-0.1, -0.05) is 48.5 Å². The summed E-state index contributed by atoms with van der Waals surface area (Å²) >= 11 is 0. The van der Waals surface area contributed by atoms with Crippen LogP contribution in [0.1, 0.15) is 64.2 Å². The molecule has 8 bridgehead atoms. The molecule has 5 heterocycles. The van der Waals surface area contributed by atoms with Crippen molar-refractivity contribution in [1.82, 2.24) is 19.9 Å². The first-order chi connectivity index (χ1) is 29.0. The van der Waals surface area contributed by atoms with Crippen LogP contribution < -0.4 is 0 Å². The van der Waals surface area contributed by atoms with Gasteiger partial charge in [-0.05, 0) is 119 Å². The number of aromatic amines is 2. The molecule has 2 aliphatic heterocycles. The number of nitrogens with zero attached hydrogens (tertiary/aromatic N) is 2. The molecule has 0 aliphatic carbocycles. The van der Waals surface area contributed by atoms with E-state index in [2.05, 4.69) is 9.97 Å². The van der Waals surface area contributed by atoms with Gasteiger partial charge in [0.1, 0.15) is 0 Å². The third kappa shape index (κ3) is 7.74. The Balaban J connectivity index is 0.00000289. The molecule has 0 saturated carbocycles. The lowest BCUT2D eigenvalue weighted by Crippen LogP contribution is -1.96. The molecular weight excluding hydrogens is 831 g/mol. The normalized spacial score (nSPS) is 11.4. The number of carboxylic acids is 4. The van der Waals surface area contributed by atoms with Crippen molar-refractivity contribution in [2.45, 2.75) is 0 Å². The summed E-state index contributed by atoms with van der Waals surface area (Å²) in [7, 11) is 0. The number of aromatic carboxylic acids is 4. The quantitative estimate of drug-likeness (QED) is 0.0852. The number of carboxylic acid groups (broad SMARTS) is 4. The topological polar surface area (TPSA) is 207 Å². The van der Waals surface area contributed by atoms with Crippen LogP contribution in [0.25, 0.3) is 90.9 Å². The number of benzene rings is 4. The summed E-state index contributed by atoms with van der Waals surface area (Å²) in [6, 6.07) is 33.6. The van der Waals surface area contributed by atoms with Crippen LogP contribution in [0.2, 0.25) is 0 Å². The van der Waals surface area contributed by atoms with E-state index in [4.69, 9.17) is 9.97 Å². The molecule has 12 nitrogen and oxygen atoms in total. The zero-order valence-electron chi connectivity index (χ0n) is 32.0. The fourth-order valence-electron chi connectivity index (χ4n) is 7.54. The Morgan fingerprint density at radius 1 is 0.323 bits per heavy atom. The molecule has 0 fully saturated rings. The van der Waals surface area contributed by atoms with Gasteiger partial charge in [-0.2, -0.15) is 0 Å². The Morgan fingerprint density at radius 3 is 0.694 bits per heavy atom. The van der Waals surface area contributed by atoms with E-state index in [9.17, 15) is 39.6 Å². The average Bonchev–Trinajstić information content (AvgIpc) is 4.10. The predicted octanol–water partition coefficient (Wildman–Crippen LogP) is 11.0. The number of fused-ring (bicyclic) bond motifs is 8. The minimum absolute atomic E-state index is 0. The van der Waals surface area contributed by atoms with E-state index in [0.717, 1.165) is 0 Å². The van der Waals surface area contributed by atoms with E-state index in [1.165, 1.54) is 48.5 Å². The summed E-state index contributed by atoms with van der Waals surface area (Å²) in [5.41, 5.74) is 10.7. The Morgan fingerprint density at radius 2 is 0.516 bits per heavy atom. The highest BCUT2D eigenvalue weighted by Gasteiger charge is 2.20. The zero-order valence-corrected chi connectivity index (χ0v) is 33.6. The number of H-pyrrole nitrogens is 2. The van der Waals surface area contributed by atoms with Crippen LogP contribution >= 0.6 is 24.8 Å². The number of nitrogens with one attached hydrogen (secondary N) is 2. The molecule has 0 unspecified atom stereocenters. The van der Waals surface area contributed by atoms with Crippen molar-refractivity contribution in [3.8, 4) is 44.5 Å². The second kappa shape index (κ2) is 16.9. The van der Waals surface area contributed by atoms with Gasteiger partial charge in [0.15, 0.2) is 0 Å². The monoisotopic (exact) mass is 862 g/mol. The molecule has 3 aromatic heterocycles. The summed E-state index contributed by atoms with van der Waals surface area (Å²) in [6.45, 7) is 0. The lowest BCUT2D eigenvalue weighted by Gasteiger charge is -2.08. The second-order valence-electron chi connectivity index (χ2n) is 14.0. The Kier molecular flexibility index (Phi) is 11.5. The Labute approximate surface area is 364 Å².